The maximum atomic E-state index is 13.4. The number of esters is 1. The molecule has 26 heavy (non-hydrogen) atoms. The van der Waals surface area contributed by atoms with E-state index in [1.54, 1.807) is 24.3 Å². The summed E-state index contributed by atoms with van der Waals surface area (Å²) >= 11 is 0. The molecule has 0 aromatic heterocycles. The number of hydrogen-bond donors (Lipinski definition) is 2. The van der Waals surface area contributed by atoms with Gasteiger partial charge in [0.2, 0.25) is 0 Å². The lowest BCUT2D eigenvalue weighted by Gasteiger charge is -2.08. The number of benzene rings is 2. The van der Waals surface area contributed by atoms with E-state index in [1.807, 2.05) is 0 Å². The summed E-state index contributed by atoms with van der Waals surface area (Å²) in [4.78, 5) is 35.1. The molecule has 0 unspecified atom stereocenters. The fourth-order valence-corrected chi connectivity index (χ4v) is 1.99. The van der Waals surface area contributed by atoms with Crippen molar-refractivity contribution in [3.05, 3.63) is 59.9 Å². The van der Waals surface area contributed by atoms with E-state index in [1.165, 1.54) is 25.3 Å². The number of rotatable bonds is 7. The van der Waals surface area contributed by atoms with Crippen LogP contribution in [0.1, 0.15) is 10.4 Å². The fourth-order valence-electron chi connectivity index (χ4n) is 1.99. The molecule has 8 heteroatoms. The zero-order valence-corrected chi connectivity index (χ0v) is 14.0. The predicted molar refractivity (Wildman–Crippen MR) is 91.3 cm³/mol. The van der Waals surface area contributed by atoms with Crippen LogP contribution in [0.5, 0.6) is 5.75 Å². The summed E-state index contributed by atoms with van der Waals surface area (Å²) in [5.41, 5.74) is 0.300. The van der Waals surface area contributed by atoms with Crippen LogP contribution >= 0.6 is 0 Å². The molecule has 0 bridgehead atoms. The summed E-state index contributed by atoms with van der Waals surface area (Å²) in [7, 11) is 1.50. The average Bonchev–Trinajstić information content (AvgIpc) is 2.65. The Morgan fingerprint density at radius 3 is 2.58 bits per heavy atom. The smallest absolute Gasteiger partial charge is 0.325 e. The highest BCUT2D eigenvalue weighted by Gasteiger charge is 2.13. The number of methoxy groups -OCH3 is 1. The van der Waals surface area contributed by atoms with Gasteiger partial charge in [-0.25, -0.2) is 4.39 Å². The minimum Gasteiger partial charge on any atom is -0.497 e. The minimum atomic E-state index is -0.824. The number of hydrogen-bond acceptors (Lipinski definition) is 5. The number of carbonyl (C=O) groups excluding carboxylic acids is 3. The van der Waals surface area contributed by atoms with Gasteiger partial charge in [0.25, 0.3) is 11.8 Å². The van der Waals surface area contributed by atoms with Crippen LogP contribution < -0.4 is 15.4 Å². The highest BCUT2D eigenvalue weighted by Crippen LogP contribution is 2.16. The molecule has 2 amide bonds. The van der Waals surface area contributed by atoms with Gasteiger partial charge in [0, 0.05) is 11.8 Å². The second kappa shape index (κ2) is 9.16. The first-order valence-electron chi connectivity index (χ1n) is 7.62. The van der Waals surface area contributed by atoms with Gasteiger partial charge in [-0.3, -0.25) is 14.4 Å². The summed E-state index contributed by atoms with van der Waals surface area (Å²) in [6, 6.07) is 12.0. The van der Waals surface area contributed by atoms with E-state index in [4.69, 9.17) is 9.47 Å². The highest BCUT2D eigenvalue weighted by molar-refractivity contribution is 5.96. The summed E-state index contributed by atoms with van der Waals surface area (Å²) < 4.78 is 23.2. The van der Waals surface area contributed by atoms with E-state index in [0.29, 0.717) is 11.4 Å². The molecular weight excluding hydrogens is 343 g/mol. The van der Waals surface area contributed by atoms with Gasteiger partial charge >= 0.3 is 5.97 Å². The van der Waals surface area contributed by atoms with E-state index < -0.39 is 36.8 Å². The summed E-state index contributed by atoms with van der Waals surface area (Å²) in [6.45, 7) is -1.01. The van der Waals surface area contributed by atoms with Crippen molar-refractivity contribution in [3.8, 4) is 5.75 Å². The molecule has 2 aromatic carbocycles. The van der Waals surface area contributed by atoms with Crippen molar-refractivity contribution in [1.29, 1.82) is 0 Å². The molecule has 0 saturated carbocycles. The molecule has 2 rings (SSSR count). The molecule has 0 radical (unpaired) electrons. The maximum Gasteiger partial charge on any atom is 0.325 e. The van der Waals surface area contributed by atoms with Crippen molar-refractivity contribution in [2.75, 3.05) is 25.6 Å². The molecule has 0 aliphatic heterocycles. The molecule has 7 nitrogen and oxygen atoms in total. The Labute approximate surface area is 149 Å². The van der Waals surface area contributed by atoms with Crippen LogP contribution in [0.4, 0.5) is 10.1 Å². The topological polar surface area (TPSA) is 93.7 Å². The largest absolute Gasteiger partial charge is 0.497 e. The third-order valence-corrected chi connectivity index (χ3v) is 3.23. The molecular formula is C18H17FN2O5. The van der Waals surface area contributed by atoms with Crippen molar-refractivity contribution in [1.82, 2.24) is 5.32 Å². The van der Waals surface area contributed by atoms with Crippen LogP contribution in [0.15, 0.2) is 48.5 Å². The molecule has 0 heterocycles. The second-order valence-corrected chi connectivity index (χ2v) is 5.10. The zero-order valence-electron chi connectivity index (χ0n) is 14.0. The van der Waals surface area contributed by atoms with Crippen LogP contribution in [0, 0.1) is 5.82 Å². The highest BCUT2D eigenvalue weighted by atomic mass is 19.1. The predicted octanol–water partition coefficient (Wildman–Crippen LogP) is 1.75. The normalized spacial score (nSPS) is 9.92. The molecule has 0 aliphatic rings. The van der Waals surface area contributed by atoms with E-state index in [0.717, 1.165) is 6.07 Å². The molecule has 0 aliphatic carbocycles. The van der Waals surface area contributed by atoms with Crippen LogP contribution in [0.25, 0.3) is 0 Å². The third-order valence-electron chi connectivity index (χ3n) is 3.23. The summed E-state index contributed by atoms with van der Waals surface area (Å²) in [5.74, 6) is -2.25. The molecule has 0 fully saturated rings. The third kappa shape index (κ3) is 5.59. The Hall–Kier alpha value is -3.42. The lowest BCUT2D eigenvalue weighted by Crippen LogP contribution is -2.32. The van der Waals surface area contributed by atoms with Crippen molar-refractivity contribution in [2.24, 2.45) is 0 Å². The van der Waals surface area contributed by atoms with Gasteiger partial charge in [0.1, 0.15) is 18.1 Å². The summed E-state index contributed by atoms with van der Waals surface area (Å²) in [6.07, 6.45) is 0. The maximum absolute atomic E-state index is 13.4. The van der Waals surface area contributed by atoms with Gasteiger partial charge in [0.05, 0.1) is 12.7 Å². The van der Waals surface area contributed by atoms with Crippen molar-refractivity contribution in [2.45, 2.75) is 0 Å². The van der Waals surface area contributed by atoms with Crippen molar-refractivity contribution >= 4 is 23.5 Å². The number of carbonyl (C=O) groups is 3. The first kappa shape index (κ1) is 18.9. The lowest BCUT2D eigenvalue weighted by atomic mass is 10.2. The van der Waals surface area contributed by atoms with Gasteiger partial charge in [-0.1, -0.05) is 18.2 Å². The van der Waals surface area contributed by atoms with E-state index in [9.17, 15) is 18.8 Å². The number of anilines is 1. The molecule has 0 spiro atoms. The Morgan fingerprint density at radius 2 is 1.85 bits per heavy atom. The Morgan fingerprint density at radius 1 is 1.08 bits per heavy atom. The monoisotopic (exact) mass is 360 g/mol. The first-order valence-corrected chi connectivity index (χ1v) is 7.62. The van der Waals surface area contributed by atoms with Gasteiger partial charge in [-0.05, 0) is 24.3 Å². The summed E-state index contributed by atoms with van der Waals surface area (Å²) in [5, 5.41) is 4.76. The number of nitrogens with one attached hydrogen (secondary N) is 2. The van der Waals surface area contributed by atoms with Crippen LogP contribution in [-0.4, -0.2) is 38.0 Å². The van der Waals surface area contributed by atoms with Gasteiger partial charge in [-0.2, -0.15) is 0 Å². The van der Waals surface area contributed by atoms with E-state index in [-0.39, 0.29) is 5.56 Å². The molecule has 0 atom stereocenters. The van der Waals surface area contributed by atoms with Crippen LogP contribution in [-0.2, 0) is 14.3 Å². The Kier molecular flexibility index (Phi) is 6.67. The SMILES string of the molecule is COc1cccc(NC(=O)COC(=O)CNC(=O)c2ccccc2F)c1. The minimum absolute atomic E-state index is 0.184. The van der Waals surface area contributed by atoms with Gasteiger partial charge in [-0.15, -0.1) is 0 Å². The molecule has 2 aromatic rings. The quantitative estimate of drug-likeness (QED) is 0.734. The Balaban J connectivity index is 1.75. The van der Waals surface area contributed by atoms with Crippen LogP contribution in [0.2, 0.25) is 0 Å². The second-order valence-electron chi connectivity index (χ2n) is 5.10. The van der Waals surface area contributed by atoms with Crippen molar-refractivity contribution < 1.29 is 28.2 Å². The zero-order chi connectivity index (χ0) is 18.9. The first-order chi connectivity index (χ1) is 12.5. The molecule has 2 N–H and O–H groups in total. The number of halogens is 1. The molecule has 0 saturated heterocycles. The van der Waals surface area contributed by atoms with Crippen molar-refractivity contribution in [3.63, 3.8) is 0 Å². The van der Waals surface area contributed by atoms with Crippen LogP contribution in [0.3, 0.4) is 0 Å². The van der Waals surface area contributed by atoms with Gasteiger partial charge in [0.15, 0.2) is 6.61 Å². The number of amides is 2. The number of ether oxygens (including phenoxy) is 2. The van der Waals surface area contributed by atoms with E-state index >= 15 is 0 Å². The molecule has 136 valence electrons. The fraction of sp³-hybridized carbons (Fsp3) is 0.167. The Bertz CT molecular complexity index is 810. The average molecular weight is 360 g/mol. The van der Waals surface area contributed by atoms with Gasteiger partial charge < -0.3 is 20.1 Å². The standard InChI is InChI=1S/C18H17FN2O5/c1-25-13-6-4-5-12(9-13)21-16(22)11-26-17(23)10-20-18(24)14-7-2-3-8-15(14)19/h2-9H,10-11H2,1H3,(H,20,24)(H,21,22). The lowest BCUT2D eigenvalue weighted by molar-refractivity contribution is -0.146. The van der Waals surface area contributed by atoms with E-state index in [2.05, 4.69) is 10.6 Å².